The van der Waals surface area contributed by atoms with Crippen molar-refractivity contribution in [1.82, 2.24) is 23.3 Å². The fourth-order valence-corrected chi connectivity index (χ4v) is 10.6. The maximum atomic E-state index is 6.70. The molecule has 8 aromatic carbocycles. The van der Waals surface area contributed by atoms with E-state index in [1.807, 2.05) is 42.6 Å². The van der Waals surface area contributed by atoms with E-state index in [0.717, 1.165) is 104 Å². The summed E-state index contributed by atoms with van der Waals surface area (Å²) < 4.78 is 22.6. The van der Waals surface area contributed by atoms with Crippen molar-refractivity contribution in [1.29, 1.82) is 0 Å². The van der Waals surface area contributed by atoms with E-state index in [1.54, 1.807) is 6.26 Å². The van der Waals surface area contributed by atoms with Crippen molar-refractivity contribution in [3.63, 3.8) is 0 Å². The molecule has 316 valence electrons. The van der Waals surface area contributed by atoms with E-state index in [1.165, 1.54) is 0 Å². The van der Waals surface area contributed by atoms with Crippen LogP contribution in [0.15, 0.2) is 217 Å². The molecule has 0 saturated heterocycles. The Balaban J connectivity index is 0.907. The van der Waals surface area contributed by atoms with Gasteiger partial charge in [-0.05, 0) is 18.2 Å². The van der Waals surface area contributed by atoms with Gasteiger partial charge >= 0.3 is 294 Å². The van der Waals surface area contributed by atoms with Gasteiger partial charge in [0.2, 0.25) is 0 Å². The van der Waals surface area contributed by atoms with Crippen LogP contribution in [0.3, 0.4) is 0 Å². The summed E-state index contributed by atoms with van der Waals surface area (Å²) in [4.78, 5) is 5.08. The molecule has 0 bridgehead atoms. The molecule has 0 aliphatic rings. The van der Waals surface area contributed by atoms with Gasteiger partial charge in [0, 0.05) is 11.5 Å². The number of benzene rings is 8. The van der Waals surface area contributed by atoms with Crippen molar-refractivity contribution in [3.8, 4) is 56.6 Å². The first-order valence-corrected chi connectivity index (χ1v) is 22.8. The average Bonchev–Trinajstić information content (AvgIpc) is 4.13. The molecule has 8 heteroatoms. The summed E-state index contributed by atoms with van der Waals surface area (Å²) in [6, 6.07) is 76.7. The van der Waals surface area contributed by atoms with Gasteiger partial charge in [0.1, 0.15) is 0 Å². The van der Waals surface area contributed by atoms with Gasteiger partial charge < -0.3 is 8.98 Å². The van der Waals surface area contributed by atoms with Crippen LogP contribution in [0.2, 0.25) is 0 Å². The van der Waals surface area contributed by atoms with Crippen molar-refractivity contribution in [2.45, 2.75) is 0 Å². The van der Waals surface area contributed by atoms with Gasteiger partial charge in [-0.15, -0.1) is 0 Å². The van der Waals surface area contributed by atoms with E-state index < -0.39 is 0 Å². The van der Waals surface area contributed by atoms with Crippen LogP contribution in [-0.2, 0) is 19.4 Å². The quantitative estimate of drug-likeness (QED) is 0.143. The number of imidazole rings is 1. The molecule has 7 nitrogen and oxygen atoms in total. The molecule has 0 aliphatic carbocycles. The molecule has 0 N–H and O–H groups in total. The van der Waals surface area contributed by atoms with Gasteiger partial charge in [0.15, 0.2) is 5.58 Å². The number of pyridine rings is 1. The molecule has 0 spiro atoms. The summed E-state index contributed by atoms with van der Waals surface area (Å²) in [5, 5.41) is 3.23. The second kappa shape index (κ2) is 15.5. The Bertz CT molecular complexity index is 3990. The molecule has 13 rings (SSSR count). The summed E-state index contributed by atoms with van der Waals surface area (Å²) >= 11 is 2.47. The van der Waals surface area contributed by atoms with E-state index in [9.17, 15) is 0 Å². The molecule has 5 aromatic heterocycles. The standard InChI is InChI=1S/C58H35N5O2.Pt/c1-3-15-39(16-4-1)45-23-14-24-46(40-17-5-2-6-18-40)57(45)61-38-60(52-27-11-12-28-53(52)61)41-19-13-20-43(35-41)65-44-30-31-48-47-21-7-9-25-50(47)63(55(48)36-44)56-32-29-42(37-59-56)62-51-26-10-8-22-49(51)58-54(62)33-34-64-58;/h1-34,37H;/q-2;. The van der Waals surface area contributed by atoms with Crippen LogP contribution in [0.5, 0.6) is 11.5 Å². The van der Waals surface area contributed by atoms with E-state index in [2.05, 4.69) is 214 Å². The number of ether oxygens (including phenoxy) is 1. The minimum absolute atomic E-state index is 0.573. The number of hydrogen-bond acceptors (Lipinski definition) is 3. The number of furan rings is 1. The number of hydrogen-bond donors (Lipinski definition) is 0. The number of aromatic nitrogens is 5. The van der Waals surface area contributed by atoms with Crippen LogP contribution in [0.4, 0.5) is 0 Å². The molecule has 0 unspecified atom stereocenters. The molecule has 5 heterocycles. The summed E-state index contributed by atoms with van der Waals surface area (Å²) in [5.41, 5.74) is 14.5. The van der Waals surface area contributed by atoms with E-state index in [4.69, 9.17) is 14.1 Å². The number of rotatable bonds is 8. The van der Waals surface area contributed by atoms with Gasteiger partial charge in [-0.3, -0.25) is 0 Å². The van der Waals surface area contributed by atoms with Crippen molar-refractivity contribution in [2.24, 2.45) is 0 Å². The predicted molar refractivity (Wildman–Crippen MR) is 260 cm³/mol. The monoisotopic (exact) mass is 1030 g/mol. The summed E-state index contributed by atoms with van der Waals surface area (Å²) in [5.74, 6) is 1.93. The fraction of sp³-hybridized carbons (Fsp3) is 0. The van der Waals surface area contributed by atoms with Crippen molar-refractivity contribution < 1.29 is 28.5 Å². The molecule has 13 aromatic rings. The van der Waals surface area contributed by atoms with Crippen LogP contribution < -0.4 is 4.74 Å². The molecular weight excluding hydrogens is 994 g/mol. The second-order valence-electron chi connectivity index (χ2n) is 16.1. The zero-order chi connectivity index (χ0) is 43.7. The minimum atomic E-state index is 0.573. The molecule has 66 heavy (non-hydrogen) atoms. The number of para-hydroxylation sites is 5. The maximum absolute atomic E-state index is 6.70. The van der Waals surface area contributed by atoms with Gasteiger partial charge in [-0.25, -0.2) is 0 Å². The SMILES string of the molecule is [Pt]=[c]1n(-c2[c-]c(Oc3[c-]c4c(cc3)c3ccccc3n4-c3ccc(-n4c5ccccc5c5occc54)cn3)ccc2)c2ccccc2n1-c1c(-c2ccccc2)cccc1-c1ccccc1. The van der Waals surface area contributed by atoms with Gasteiger partial charge in [0.25, 0.3) is 0 Å². The van der Waals surface area contributed by atoms with E-state index in [0.29, 0.717) is 11.5 Å². The fourth-order valence-electron chi connectivity index (χ4n) is 9.55. The molecule has 0 saturated carbocycles. The summed E-state index contributed by atoms with van der Waals surface area (Å²) in [6.45, 7) is 0. The van der Waals surface area contributed by atoms with Crippen LogP contribution in [0.25, 0.3) is 100.0 Å². The third-order valence-corrected chi connectivity index (χ3v) is 13.4. The van der Waals surface area contributed by atoms with Gasteiger partial charge in [0.05, 0.1) is 29.2 Å². The molecule has 0 atom stereocenters. The Morgan fingerprint density at radius 2 is 1.08 bits per heavy atom. The second-order valence-corrected chi connectivity index (χ2v) is 17.2. The normalized spacial score (nSPS) is 11.7. The summed E-state index contributed by atoms with van der Waals surface area (Å²) in [6.07, 6.45) is 3.67. The Kier molecular flexibility index (Phi) is 8.96. The molecule has 0 fully saturated rings. The molecule has 0 radical (unpaired) electrons. The molecule has 0 aliphatic heterocycles. The summed E-state index contributed by atoms with van der Waals surface area (Å²) in [7, 11) is 0. The van der Waals surface area contributed by atoms with Crippen molar-refractivity contribution >= 4 is 54.8 Å². The van der Waals surface area contributed by atoms with Crippen LogP contribution in [0.1, 0.15) is 0 Å². The van der Waals surface area contributed by atoms with Gasteiger partial charge in [-0.2, -0.15) is 0 Å². The zero-order valence-corrected chi connectivity index (χ0v) is 37.3. The molecular formula is C58H35N5O2Pt-2. The third kappa shape index (κ3) is 6.08. The van der Waals surface area contributed by atoms with Crippen LogP contribution in [0, 0.1) is 15.9 Å². The Morgan fingerprint density at radius 3 is 1.79 bits per heavy atom. The number of fused-ring (bicyclic) bond motifs is 7. The first kappa shape index (κ1) is 38.2. The predicted octanol–water partition coefficient (Wildman–Crippen LogP) is 14.4. The Labute approximate surface area is 389 Å². The van der Waals surface area contributed by atoms with Crippen molar-refractivity contribution in [3.05, 3.63) is 229 Å². The Morgan fingerprint density at radius 1 is 0.455 bits per heavy atom. The van der Waals surface area contributed by atoms with Crippen LogP contribution >= 0.6 is 0 Å². The number of nitrogens with zero attached hydrogens (tertiary/aromatic N) is 5. The van der Waals surface area contributed by atoms with Crippen LogP contribution in [-0.4, -0.2) is 23.3 Å². The van der Waals surface area contributed by atoms with E-state index >= 15 is 0 Å². The third-order valence-electron chi connectivity index (χ3n) is 12.4. The first-order valence-electron chi connectivity index (χ1n) is 21.7. The van der Waals surface area contributed by atoms with Gasteiger partial charge in [-0.1, -0.05) is 24.3 Å². The topological polar surface area (TPSA) is 55.0 Å². The zero-order valence-electron chi connectivity index (χ0n) is 35.1. The average molecular weight is 1030 g/mol. The Hall–Kier alpha value is -8.25. The molecule has 0 amide bonds. The van der Waals surface area contributed by atoms with E-state index in [-0.39, 0.29) is 0 Å². The van der Waals surface area contributed by atoms with Crippen molar-refractivity contribution in [2.75, 3.05) is 0 Å². The first-order chi connectivity index (χ1) is 32.7.